The van der Waals surface area contributed by atoms with Gasteiger partial charge in [0.25, 0.3) is 0 Å². The van der Waals surface area contributed by atoms with E-state index in [1.807, 2.05) is 0 Å². The zero-order chi connectivity index (χ0) is 12.6. The van der Waals surface area contributed by atoms with E-state index in [0.29, 0.717) is 0 Å². The van der Waals surface area contributed by atoms with E-state index in [1.54, 1.807) is 0 Å². The molecule has 0 bridgehead atoms. The number of carbonyl (C=O) groups excluding carboxylic acids is 2. The van der Waals surface area contributed by atoms with Gasteiger partial charge in [0.15, 0.2) is 0 Å². The minimum Gasteiger partial charge on any atom is -0.550 e. The van der Waals surface area contributed by atoms with E-state index >= 15 is 0 Å². The van der Waals surface area contributed by atoms with Gasteiger partial charge in [-0.2, -0.15) is 0 Å². The monoisotopic (exact) mass is 289 g/mol. The van der Waals surface area contributed by atoms with Crippen molar-refractivity contribution in [3.8, 4) is 0 Å². The zero-order valence-corrected chi connectivity index (χ0v) is 14.3. The molecule has 90 valence electrons. The van der Waals surface area contributed by atoms with E-state index < -0.39 is 25.8 Å². The van der Waals surface area contributed by atoms with Crippen LogP contribution in [0, 0.1) is 0 Å². The van der Waals surface area contributed by atoms with Crippen molar-refractivity contribution in [1.82, 2.24) is 0 Å². The molecule has 0 rings (SSSR count). The summed E-state index contributed by atoms with van der Waals surface area (Å²) < 4.78 is 8.88. The van der Waals surface area contributed by atoms with E-state index in [-0.39, 0.29) is 72.0 Å². The minimum atomic E-state index is -4.64. The fraction of sp³-hybridized carbons (Fsp3) is 0.600. The SMILES string of the molecule is NC(CCC(=O)[O-])C(=O)[O-].O=P(O)(O)O.[Na+].[Na+]. The maximum Gasteiger partial charge on any atom is 1.00 e. The van der Waals surface area contributed by atoms with Gasteiger partial charge in [-0.05, 0) is 12.8 Å². The van der Waals surface area contributed by atoms with Gasteiger partial charge in [0, 0.05) is 12.0 Å². The largest absolute Gasteiger partial charge is 1.00 e. The van der Waals surface area contributed by atoms with E-state index in [1.165, 1.54) is 0 Å². The average molecular weight is 289 g/mol. The molecule has 0 aliphatic carbocycles. The molecule has 0 aromatic rings. The third kappa shape index (κ3) is 38.2. The summed E-state index contributed by atoms with van der Waals surface area (Å²) in [6, 6.07) is -1.21. The van der Waals surface area contributed by atoms with Gasteiger partial charge < -0.3 is 40.2 Å². The van der Waals surface area contributed by atoms with Gasteiger partial charge in [0.1, 0.15) is 0 Å². The second-order valence-corrected chi connectivity index (χ2v) is 3.38. The summed E-state index contributed by atoms with van der Waals surface area (Å²) in [7, 11) is -4.64. The van der Waals surface area contributed by atoms with Crippen molar-refractivity contribution in [1.29, 1.82) is 0 Å². The van der Waals surface area contributed by atoms with Crippen LogP contribution in [-0.4, -0.2) is 32.7 Å². The third-order valence-corrected chi connectivity index (χ3v) is 0.962. The summed E-state index contributed by atoms with van der Waals surface area (Å²) in [5.74, 6) is -2.75. The fourth-order valence-electron chi connectivity index (χ4n) is 0.391. The predicted molar refractivity (Wildman–Crippen MR) is 41.5 cm³/mol. The summed E-state index contributed by atoms with van der Waals surface area (Å²) in [4.78, 5) is 41.2. The van der Waals surface area contributed by atoms with Crippen LogP contribution in [0.5, 0.6) is 0 Å². The molecule has 0 amide bonds. The molecule has 0 radical (unpaired) electrons. The van der Waals surface area contributed by atoms with E-state index in [0.717, 1.165) is 0 Å². The number of nitrogens with two attached hydrogens (primary N) is 1. The maximum atomic E-state index is 9.86. The smallest absolute Gasteiger partial charge is 0.550 e. The van der Waals surface area contributed by atoms with Gasteiger partial charge >= 0.3 is 66.9 Å². The molecule has 1 unspecified atom stereocenters. The van der Waals surface area contributed by atoms with Gasteiger partial charge in [-0.3, -0.25) is 0 Å². The van der Waals surface area contributed by atoms with Crippen LogP contribution in [0.1, 0.15) is 12.8 Å². The minimum absolute atomic E-state index is 0. The summed E-state index contributed by atoms with van der Waals surface area (Å²) in [5, 5.41) is 19.6. The molecule has 9 nitrogen and oxygen atoms in total. The number of hydrogen-bond acceptors (Lipinski definition) is 6. The number of hydrogen-bond donors (Lipinski definition) is 4. The van der Waals surface area contributed by atoms with Gasteiger partial charge in [-0.15, -0.1) is 0 Å². The van der Waals surface area contributed by atoms with Gasteiger partial charge in [0.05, 0.1) is 5.97 Å². The quantitative estimate of drug-likeness (QED) is 0.288. The summed E-state index contributed by atoms with van der Waals surface area (Å²) in [6.45, 7) is 0. The second kappa shape index (κ2) is 13.4. The number of rotatable bonds is 4. The Hall–Kier alpha value is 1.01. The van der Waals surface area contributed by atoms with Crippen molar-refractivity contribution >= 4 is 19.8 Å². The molecule has 12 heteroatoms. The molecule has 0 heterocycles. The first-order valence-electron chi connectivity index (χ1n) is 3.48. The average Bonchev–Trinajstić information content (AvgIpc) is 1.96. The first-order chi connectivity index (χ1) is 6.54. The van der Waals surface area contributed by atoms with Crippen LogP contribution in [0.15, 0.2) is 0 Å². The summed E-state index contributed by atoms with van der Waals surface area (Å²) >= 11 is 0. The third-order valence-electron chi connectivity index (χ3n) is 0.962. The van der Waals surface area contributed by atoms with Crippen LogP contribution in [-0.2, 0) is 14.2 Å². The molecule has 17 heavy (non-hydrogen) atoms. The van der Waals surface area contributed by atoms with Crippen molar-refractivity contribution in [2.45, 2.75) is 18.9 Å². The molecule has 0 aliphatic heterocycles. The Kier molecular flexibility index (Phi) is 21.0. The first-order valence-corrected chi connectivity index (χ1v) is 5.05. The Labute approximate surface area is 141 Å². The van der Waals surface area contributed by atoms with Crippen molar-refractivity contribution < 1.29 is 98.2 Å². The first kappa shape index (κ1) is 26.5. The van der Waals surface area contributed by atoms with Crippen molar-refractivity contribution in [2.24, 2.45) is 5.73 Å². The molecule has 0 aliphatic rings. The Bertz CT molecular complexity index is 260. The standard InChI is InChI=1S/C5H9NO4.2Na.H3O4P/c6-3(5(9)10)1-2-4(7)8;;;1-5(2,3)4/h3H,1-2,6H2,(H,7,8)(H,9,10);;;(H3,1,2,3,4)/q;2*+1;/p-2. The predicted octanol–water partition coefficient (Wildman–Crippen LogP) is -10.3. The Morgan fingerprint density at radius 1 is 1.18 bits per heavy atom. The Morgan fingerprint density at radius 2 is 1.47 bits per heavy atom. The van der Waals surface area contributed by atoms with E-state index in [9.17, 15) is 19.8 Å². The Balaban J connectivity index is -0.000000105. The number of carbonyl (C=O) groups is 2. The van der Waals surface area contributed by atoms with Gasteiger partial charge in [-0.25, -0.2) is 4.57 Å². The topological polar surface area (TPSA) is 184 Å². The summed E-state index contributed by atoms with van der Waals surface area (Å²) in [5.41, 5.74) is 4.91. The molecule has 0 spiro atoms. The molecule has 0 saturated carbocycles. The van der Waals surface area contributed by atoms with Crippen LogP contribution >= 0.6 is 7.82 Å². The number of phosphoric acid groups is 1. The second-order valence-electron chi connectivity index (χ2n) is 2.35. The molecular formula is C5H10NNa2O8P. The van der Waals surface area contributed by atoms with Crippen LogP contribution in [0.25, 0.3) is 0 Å². The van der Waals surface area contributed by atoms with Crippen molar-refractivity contribution in [3.63, 3.8) is 0 Å². The number of carboxylic acids is 2. The summed E-state index contributed by atoms with van der Waals surface area (Å²) in [6.07, 6.45) is -0.500. The van der Waals surface area contributed by atoms with E-state index in [2.05, 4.69) is 0 Å². The molecule has 5 N–H and O–H groups in total. The number of aliphatic carboxylic acids is 2. The number of carboxylic acid groups (broad SMARTS) is 2. The van der Waals surface area contributed by atoms with Crippen molar-refractivity contribution in [3.05, 3.63) is 0 Å². The van der Waals surface area contributed by atoms with Crippen LogP contribution in [0.4, 0.5) is 0 Å². The van der Waals surface area contributed by atoms with Crippen LogP contribution in [0.3, 0.4) is 0 Å². The van der Waals surface area contributed by atoms with Crippen LogP contribution in [0.2, 0.25) is 0 Å². The Morgan fingerprint density at radius 3 is 1.65 bits per heavy atom. The molecule has 1 atom stereocenters. The van der Waals surface area contributed by atoms with Gasteiger partial charge in [0.2, 0.25) is 0 Å². The molecule has 0 fully saturated rings. The molecular weight excluding hydrogens is 279 g/mol. The zero-order valence-electron chi connectivity index (χ0n) is 9.40. The van der Waals surface area contributed by atoms with Crippen molar-refractivity contribution in [2.75, 3.05) is 0 Å². The van der Waals surface area contributed by atoms with Crippen LogP contribution < -0.4 is 75.1 Å². The molecule has 0 aromatic heterocycles. The molecule has 0 saturated heterocycles. The fourth-order valence-corrected chi connectivity index (χ4v) is 0.391. The maximum absolute atomic E-state index is 9.86. The van der Waals surface area contributed by atoms with Gasteiger partial charge in [-0.1, -0.05) is 0 Å². The molecule has 0 aromatic carbocycles. The van der Waals surface area contributed by atoms with E-state index in [4.69, 9.17) is 25.0 Å². The normalized spacial score (nSPS) is 10.8.